The normalized spacial score (nSPS) is 17.2. The molecule has 2 aliphatic rings. The predicted molar refractivity (Wildman–Crippen MR) is 115 cm³/mol. The zero-order valence-electron chi connectivity index (χ0n) is 16.9. The maximum absolute atomic E-state index is 13.0. The number of carbonyl (C=O) groups excluding carboxylic acids is 2. The van der Waals surface area contributed by atoms with Crippen molar-refractivity contribution in [3.8, 4) is 0 Å². The van der Waals surface area contributed by atoms with Gasteiger partial charge in [0, 0.05) is 31.6 Å². The molecule has 2 aromatic rings. The van der Waals surface area contributed by atoms with Crippen molar-refractivity contribution in [2.24, 2.45) is 0 Å². The van der Waals surface area contributed by atoms with Gasteiger partial charge in [-0.1, -0.05) is 30.3 Å². The van der Waals surface area contributed by atoms with E-state index >= 15 is 0 Å². The predicted octanol–water partition coefficient (Wildman–Crippen LogP) is 2.10. The third-order valence-electron chi connectivity index (χ3n) is 5.68. The van der Waals surface area contributed by atoms with Gasteiger partial charge in [0.25, 0.3) is 5.91 Å². The van der Waals surface area contributed by atoms with Crippen LogP contribution >= 0.6 is 0 Å². The quantitative estimate of drug-likeness (QED) is 0.765. The second kappa shape index (κ2) is 8.10. The number of benzene rings is 2. The molecule has 1 N–H and O–H groups in total. The Morgan fingerprint density at radius 2 is 1.87 bits per heavy atom. The van der Waals surface area contributed by atoms with Crippen LogP contribution in [0.2, 0.25) is 0 Å². The highest BCUT2D eigenvalue weighted by atomic mass is 32.2. The molecule has 2 aliphatic heterocycles. The largest absolute Gasteiger partial charge is 0.343 e. The number of likely N-dealkylation sites (tertiary alicyclic amines) is 1. The van der Waals surface area contributed by atoms with Gasteiger partial charge in [-0.2, -0.15) is 0 Å². The molecule has 0 aromatic heterocycles. The Bertz CT molecular complexity index is 1070. The fourth-order valence-corrected chi connectivity index (χ4v) is 5.09. The maximum Gasteiger partial charge on any atom is 0.251 e. The van der Waals surface area contributed by atoms with Gasteiger partial charge in [-0.05, 0) is 42.2 Å². The van der Waals surface area contributed by atoms with Gasteiger partial charge < -0.3 is 10.2 Å². The van der Waals surface area contributed by atoms with Crippen LogP contribution in [0.3, 0.4) is 0 Å². The van der Waals surface area contributed by atoms with E-state index in [4.69, 9.17) is 0 Å². The zero-order valence-corrected chi connectivity index (χ0v) is 17.7. The molecule has 30 heavy (non-hydrogen) atoms. The molecule has 1 saturated heterocycles. The van der Waals surface area contributed by atoms with E-state index in [0.29, 0.717) is 43.7 Å². The second-order valence-electron chi connectivity index (χ2n) is 7.81. The van der Waals surface area contributed by atoms with Crippen LogP contribution in [0, 0.1) is 0 Å². The average molecular weight is 428 g/mol. The van der Waals surface area contributed by atoms with Crippen LogP contribution in [-0.4, -0.2) is 51.0 Å². The van der Waals surface area contributed by atoms with Crippen LogP contribution in [0.25, 0.3) is 0 Å². The van der Waals surface area contributed by atoms with Gasteiger partial charge in [0.1, 0.15) is 0 Å². The van der Waals surface area contributed by atoms with E-state index in [1.165, 1.54) is 10.6 Å². The number of rotatable bonds is 6. The lowest BCUT2D eigenvalue weighted by Gasteiger charge is -2.25. The summed E-state index contributed by atoms with van der Waals surface area (Å²) in [6.45, 7) is 1.53. The van der Waals surface area contributed by atoms with Crippen molar-refractivity contribution in [3.63, 3.8) is 0 Å². The Kier molecular flexibility index (Phi) is 5.51. The van der Waals surface area contributed by atoms with Crippen molar-refractivity contribution in [1.29, 1.82) is 0 Å². The lowest BCUT2D eigenvalue weighted by Crippen LogP contribution is -2.38. The summed E-state index contributed by atoms with van der Waals surface area (Å²) in [6.07, 6.45) is 3.16. The number of nitrogens with one attached hydrogen (secondary N) is 1. The van der Waals surface area contributed by atoms with E-state index < -0.39 is 10.0 Å². The summed E-state index contributed by atoms with van der Waals surface area (Å²) < 4.78 is 25.2. The molecule has 2 amide bonds. The Morgan fingerprint density at radius 3 is 2.53 bits per heavy atom. The Morgan fingerprint density at radius 1 is 1.10 bits per heavy atom. The number of nitrogens with zero attached hydrogens (tertiary/aromatic N) is 2. The smallest absolute Gasteiger partial charge is 0.251 e. The van der Waals surface area contributed by atoms with Gasteiger partial charge in [0.2, 0.25) is 15.9 Å². The van der Waals surface area contributed by atoms with Crippen molar-refractivity contribution in [2.75, 3.05) is 30.2 Å². The van der Waals surface area contributed by atoms with E-state index in [9.17, 15) is 18.0 Å². The SMILES string of the molecule is CS(=O)(=O)N1CCc2cc(C(=O)NC(CN3CCCC3=O)c3ccccc3)ccc21. The Balaban J connectivity index is 1.55. The second-order valence-corrected chi connectivity index (χ2v) is 9.72. The minimum absolute atomic E-state index is 0.114. The highest BCUT2D eigenvalue weighted by Gasteiger charge is 2.28. The number of hydrogen-bond acceptors (Lipinski definition) is 4. The van der Waals surface area contributed by atoms with Gasteiger partial charge in [-0.25, -0.2) is 8.42 Å². The number of hydrogen-bond donors (Lipinski definition) is 1. The van der Waals surface area contributed by atoms with Gasteiger partial charge in [0.15, 0.2) is 0 Å². The molecule has 2 aromatic carbocycles. The van der Waals surface area contributed by atoms with Gasteiger partial charge in [-0.3, -0.25) is 13.9 Å². The van der Waals surface area contributed by atoms with E-state index in [0.717, 1.165) is 17.5 Å². The summed E-state index contributed by atoms with van der Waals surface area (Å²) in [7, 11) is -3.33. The summed E-state index contributed by atoms with van der Waals surface area (Å²) in [5.41, 5.74) is 2.91. The number of amides is 2. The molecular weight excluding hydrogens is 402 g/mol. The Hall–Kier alpha value is -2.87. The minimum atomic E-state index is -3.33. The van der Waals surface area contributed by atoms with E-state index in [1.54, 1.807) is 23.1 Å². The Labute approximate surface area is 176 Å². The third-order valence-corrected chi connectivity index (χ3v) is 6.86. The molecule has 4 rings (SSSR count). The molecule has 0 saturated carbocycles. The first kappa shape index (κ1) is 20.4. The highest BCUT2D eigenvalue weighted by Crippen LogP contribution is 2.31. The molecular formula is C22H25N3O4S. The van der Waals surface area contributed by atoms with Crippen molar-refractivity contribution in [2.45, 2.75) is 25.3 Å². The topological polar surface area (TPSA) is 86.8 Å². The van der Waals surface area contributed by atoms with Crippen LogP contribution in [-0.2, 0) is 21.2 Å². The maximum atomic E-state index is 13.0. The van der Waals surface area contributed by atoms with Gasteiger partial charge >= 0.3 is 0 Å². The van der Waals surface area contributed by atoms with Crippen molar-refractivity contribution >= 4 is 27.5 Å². The molecule has 0 spiro atoms. The van der Waals surface area contributed by atoms with E-state index in [1.807, 2.05) is 30.3 Å². The molecule has 0 aliphatic carbocycles. The number of sulfonamides is 1. The summed E-state index contributed by atoms with van der Waals surface area (Å²) in [6, 6.07) is 14.4. The number of anilines is 1. The molecule has 1 unspecified atom stereocenters. The zero-order chi connectivity index (χ0) is 21.3. The molecule has 8 heteroatoms. The van der Waals surface area contributed by atoms with E-state index in [2.05, 4.69) is 5.32 Å². The van der Waals surface area contributed by atoms with Crippen LogP contribution in [0.5, 0.6) is 0 Å². The van der Waals surface area contributed by atoms with Crippen LogP contribution in [0.15, 0.2) is 48.5 Å². The summed E-state index contributed by atoms with van der Waals surface area (Å²) >= 11 is 0. The minimum Gasteiger partial charge on any atom is -0.343 e. The molecule has 0 bridgehead atoms. The molecule has 0 radical (unpaired) electrons. The van der Waals surface area contributed by atoms with Gasteiger partial charge in [-0.15, -0.1) is 0 Å². The average Bonchev–Trinajstić information content (AvgIpc) is 3.33. The lowest BCUT2D eigenvalue weighted by atomic mass is 10.0. The first-order valence-electron chi connectivity index (χ1n) is 10.1. The van der Waals surface area contributed by atoms with Crippen LogP contribution in [0.1, 0.15) is 40.4 Å². The van der Waals surface area contributed by atoms with Crippen molar-refractivity contribution in [1.82, 2.24) is 10.2 Å². The molecule has 158 valence electrons. The monoisotopic (exact) mass is 427 g/mol. The third kappa shape index (κ3) is 4.18. The standard InChI is InChI=1S/C22H25N3O4S/c1-30(28,29)25-13-11-17-14-18(9-10-20(17)25)22(27)23-19(16-6-3-2-4-7-16)15-24-12-5-8-21(24)26/h2-4,6-7,9-10,14,19H,5,8,11-13,15H2,1H3,(H,23,27). The lowest BCUT2D eigenvalue weighted by molar-refractivity contribution is -0.128. The first-order valence-corrected chi connectivity index (χ1v) is 11.9. The highest BCUT2D eigenvalue weighted by molar-refractivity contribution is 7.92. The summed E-state index contributed by atoms with van der Waals surface area (Å²) in [4.78, 5) is 26.9. The summed E-state index contributed by atoms with van der Waals surface area (Å²) in [5, 5.41) is 3.06. The molecule has 7 nitrogen and oxygen atoms in total. The number of carbonyl (C=O) groups is 2. The summed E-state index contributed by atoms with van der Waals surface area (Å²) in [5.74, 6) is -0.125. The fraction of sp³-hybridized carbons (Fsp3) is 0.364. The molecule has 1 atom stereocenters. The van der Waals surface area contributed by atoms with Crippen LogP contribution in [0.4, 0.5) is 5.69 Å². The van der Waals surface area contributed by atoms with Crippen LogP contribution < -0.4 is 9.62 Å². The molecule has 1 fully saturated rings. The van der Waals surface area contributed by atoms with E-state index in [-0.39, 0.29) is 17.9 Å². The fourth-order valence-electron chi connectivity index (χ4n) is 4.14. The number of fused-ring (bicyclic) bond motifs is 1. The molecule has 2 heterocycles. The van der Waals surface area contributed by atoms with Gasteiger partial charge in [0.05, 0.1) is 18.0 Å². The van der Waals surface area contributed by atoms with Crippen molar-refractivity contribution in [3.05, 3.63) is 65.2 Å². The first-order chi connectivity index (χ1) is 14.3. The van der Waals surface area contributed by atoms with Crippen molar-refractivity contribution < 1.29 is 18.0 Å².